The van der Waals surface area contributed by atoms with Crippen LogP contribution < -0.4 is 23.5 Å². The van der Waals surface area contributed by atoms with Gasteiger partial charge in [0.05, 0.1) is 4.63 Å². The van der Waals surface area contributed by atoms with Crippen LogP contribution in [0.1, 0.15) is 103 Å². The van der Waals surface area contributed by atoms with Gasteiger partial charge in [-0.3, -0.25) is 4.98 Å². The van der Waals surface area contributed by atoms with Gasteiger partial charge < -0.3 is 10.8 Å². The van der Waals surface area contributed by atoms with E-state index in [9.17, 15) is 21.6 Å². The van der Waals surface area contributed by atoms with Crippen LogP contribution in [-0.2, 0) is 14.0 Å². The van der Waals surface area contributed by atoms with Gasteiger partial charge in [0.2, 0.25) is 8.32 Å². The molecule has 0 aromatic carbocycles. The second-order valence-corrected chi connectivity index (χ2v) is 28.6. The average molecular weight is 776 g/mol. The zero-order chi connectivity index (χ0) is 34.4. The molecule has 0 saturated heterocycles. The molecule has 0 amide bonds. The molecule has 2 aromatic heterocycles. The quantitative estimate of drug-likeness (QED) is 0.138. The van der Waals surface area contributed by atoms with Crippen molar-refractivity contribution in [3.63, 3.8) is 0 Å². The van der Waals surface area contributed by atoms with Gasteiger partial charge in [-0.1, -0.05) is 96.4 Å². The molecule has 2 rings (SSSR count). The van der Waals surface area contributed by atoms with Crippen LogP contribution in [0.3, 0.4) is 0 Å². The summed E-state index contributed by atoms with van der Waals surface area (Å²) in [6.07, 6.45) is 6.00. The van der Waals surface area contributed by atoms with Crippen LogP contribution in [0.2, 0.25) is 33.2 Å². The van der Waals surface area contributed by atoms with Crippen molar-refractivity contribution in [3.8, 4) is 0 Å². The van der Waals surface area contributed by atoms with Gasteiger partial charge in [-0.2, -0.15) is 28.0 Å². The molecule has 5 nitrogen and oxygen atoms in total. The Balaban J connectivity index is -0.000000576. The maximum absolute atomic E-state index is 12.5. The summed E-state index contributed by atoms with van der Waals surface area (Å²) in [4.78, 5) is 8.48. The molecule has 0 bridgehead atoms. The maximum atomic E-state index is 12.5. The number of rotatable bonds is 10. The van der Waals surface area contributed by atoms with E-state index in [1.54, 1.807) is 59.1 Å². The summed E-state index contributed by atoms with van der Waals surface area (Å²) in [5.74, 6) is 0. The molecule has 0 saturated carbocycles. The van der Waals surface area contributed by atoms with Gasteiger partial charge in [0.25, 0.3) is 0 Å². The molecule has 0 aliphatic carbocycles. The number of hydrogen-bond acceptors (Lipinski definition) is 7. The second-order valence-electron chi connectivity index (χ2n) is 12.2. The van der Waals surface area contributed by atoms with Crippen molar-refractivity contribution >= 4 is 69.7 Å². The van der Waals surface area contributed by atoms with E-state index in [4.69, 9.17) is 3.87 Å². The van der Waals surface area contributed by atoms with Crippen LogP contribution in [0, 0.1) is 6.92 Å². The first-order valence-electron chi connectivity index (χ1n) is 14.8. The van der Waals surface area contributed by atoms with Crippen LogP contribution >= 0.6 is 38.6 Å². The third kappa shape index (κ3) is 13.9. The zero-order valence-electron chi connectivity index (χ0n) is 29.3. The third-order valence-electron chi connectivity index (χ3n) is 7.67. The third-order valence-corrected chi connectivity index (χ3v) is 25.6. The molecule has 0 atom stereocenters. The van der Waals surface area contributed by atoms with Gasteiger partial charge in [-0.25, -0.2) is 4.98 Å². The molecule has 0 aliphatic rings. The van der Waals surface area contributed by atoms with E-state index < -0.39 is 32.0 Å². The summed E-state index contributed by atoms with van der Waals surface area (Å²) >= 11 is 6.64. The van der Waals surface area contributed by atoms with Crippen molar-refractivity contribution in [3.05, 3.63) is 34.0 Å². The molecule has 254 valence electrons. The first kappa shape index (κ1) is 48.9. The Morgan fingerprint density at radius 3 is 1.36 bits per heavy atom. The first-order valence-corrected chi connectivity index (χ1v) is 23.1. The summed E-state index contributed by atoms with van der Waals surface area (Å²) in [5.41, 5.74) is -3.74. The summed E-state index contributed by atoms with van der Waals surface area (Å²) in [6, 6.07) is 0. The number of thiazole rings is 2. The molecule has 0 spiro atoms. The van der Waals surface area contributed by atoms with Crippen molar-refractivity contribution in [1.82, 2.24) is 9.97 Å². The fourth-order valence-corrected chi connectivity index (χ4v) is 24.2. The number of aromatic nitrogens is 2. The molecule has 2 heterocycles. The van der Waals surface area contributed by atoms with E-state index in [1.807, 2.05) is 22.9 Å². The Morgan fingerprint density at radius 2 is 1.18 bits per heavy atom. The summed E-state index contributed by atoms with van der Waals surface area (Å²) < 4.78 is 67.1. The Labute approximate surface area is 297 Å². The van der Waals surface area contributed by atoms with E-state index in [0.717, 1.165) is 27.0 Å². The van der Waals surface area contributed by atoms with Crippen LogP contribution in [0.15, 0.2) is 27.1 Å². The Morgan fingerprint density at radius 1 is 0.818 bits per heavy atom. The van der Waals surface area contributed by atoms with Crippen molar-refractivity contribution in [1.29, 1.82) is 0 Å². The van der Waals surface area contributed by atoms with Gasteiger partial charge in [0.15, 0.2) is 3.92 Å². The average Bonchev–Trinajstić information content (AvgIpc) is 3.56. The number of halogens is 4. The normalized spacial score (nSPS) is 12.5. The number of alkyl halides is 3. The van der Waals surface area contributed by atoms with E-state index in [-0.39, 0.29) is 35.5 Å². The monoisotopic (exact) mass is 774 g/mol. The fraction of sp³-hybridized carbons (Fsp3) is 0.759. The van der Waals surface area contributed by atoms with Gasteiger partial charge >= 0.3 is 34.5 Å². The molecule has 0 N–H and O–H groups in total. The Kier molecular flexibility index (Phi) is 24.6. The minimum atomic E-state index is -5.53. The second kappa shape index (κ2) is 22.2. The predicted octanol–water partition coefficient (Wildman–Crippen LogP) is 8.59. The van der Waals surface area contributed by atoms with E-state index in [1.165, 1.54) is 11.1 Å². The van der Waals surface area contributed by atoms with Crippen molar-refractivity contribution in [2.75, 3.05) is 0 Å². The SMILES string of the molecule is Brc1nccs1.CC(C)[Si](OS(=O)(=O)C(F)(F)F)(C(C)C)C(C)C.CC(C)[Si](c1nccs1)(C(C)C)C(C)C.[CH2-]CCC.[Li+]. The van der Waals surface area contributed by atoms with Crippen LogP contribution in [0.4, 0.5) is 13.2 Å². The van der Waals surface area contributed by atoms with Gasteiger partial charge in [0.1, 0.15) is 8.07 Å². The molecule has 44 heavy (non-hydrogen) atoms. The summed E-state index contributed by atoms with van der Waals surface area (Å²) in [6.45, 7) is 30.3. The molecule has 15 heteroatoms. The van der Waals surface area contributed by atoms with Crippen LogP contribution in [0.25, 0.3) is 0 Å². The molecule has 0 radical (unpaired) electrons. The van der Waals surface area contributed by atoms with E-state index in [2.05, 4.69) is 86.7 Å². The largest absolute Gasteiger partial charge is 1.00 e. The smallest absolute Gasteiger partial charge is 0.343 e. The maximum Gasteiger partial charge on any atom is 1.00 e. The molecule has 0 fully saturated rings. The van der Waals surface area contributed by atoms with Gasteiger partial charge in [-0.05, 0) is 49.2 Å². The van der Waals surface area contributed by atoms with Crippen molar-refractivity contribution < 1.29 is 44.3 Å². The molecule has 0 unspecified atom stereocenters. The number of hydrogen-bond donors (Lipinski definition) is 0. The van der Waals surface area contributed by atoms with Gasteiger partial charge in [-0.15, -0.1) is 22.7 Å². The first-order chi connectivity index (χ1) is 19.5. The summed E-state index contributed by atoms with van der Waals surface area (Å²) in [7, 11) is -10.1. The molecule has 2 aromatic rings. The van der Waals surface area contributed by atoms with Gasteiger partial charge in [0, 0.05) is 23.2 Å². The van der Waals surface area contributed by atoms with E-state index >= 15 is 0 Å². The standard InChI is InChI=1S/C12H23NSSi.C10H21F3O3SSi.C4H9.C3H2BrNS.Li/c1-9(2)15(10(3)4,11(5)6)12-13-7-8-14-12;1-7(2)18(8(3)4,9(5)6)16-17(14,15)10(11,12)13;1-3-4-2;4-3-5-1-2-6-3;/h7-11H,1-6H3;7-9H,1-6H3;1,3-4H2,2H3;1-2H;/q;;-1;;+1. The van der Waals surface area contributed by atoms with Crippen LogP contribution in [-0.4, -0.2) is 40.3 Å². The van der Waals surface area contributed by atoms with Crippen molar-refractivity contribution in [2.24, 2.45) is 0 Å². The minimum Gasteiger partial charge on any atom is -0.343 e. The Bertz CT molecular complexity index is 1040. The fourth-order valence-electron chi connectivity index (χ4n) is 5.91. The molecular formula is C29H55BrF3LiN2O3S3Si2. The minimum absolute atomic E-state index is 0. The predicted molar refractivity (Wildman–Crippen MR) is 190 cm³/mol. The molecular weight excluding hydrogens is 721 g/mol. The molecule has 0 aliphatic heterocycles. The number of nitrogens with zero attached hydrogens (tertiary/aromatic N) is 2. The van der Waals surface area contributed by atoms with Crippen molar-refractivity contribution in [2.45, 2.75) is 142 Å². The topological polar surface area (TPSA) is 69.2 Å². The summed E-state index contributed by atoms with van der Waals surface area (Å²) in [5, 5.41) is 4.05. The Hall–Kier alpha value is 0.471. The van der Waals surface area contributed by atoms with Crippen LogP contribution in [0.5, 0.6) is 0 Å². The number of unbranched alkanes of at least 4 members (excludes halogenated alkanes) is 1. The zero-order valence-corrected chi connectivity index (χ0v) is 35.3. The van der Waals surface area contributed by atoms with E-state index in [0.29, 0.717) is 0 Å².